The van der Waals surface area contributed by atoms with Crippen molar-refractivity contribution in [3.8, 4) is 17.0 Å². The molecule has 6 nitrogen and oxygen atoms in total. The molecule has 29 heavy (non-hydrogen) atoms. The lowest BCUT2D eigenvalue weighted by atomic mass is 10.1. The highest BCUT2D eigenvalue weighted by Gasteiger charge is 2.11. The van der Waals surface area contributed by atoms with Gasteiger partial charge in [0.25, 0.3) is 0 Å². The summed E-state index contributed by atoms with van der Waals surface area (Å²) in [5, 5.41) is 8.58. The van der Waals surface area contributed by atoms with Crippen molar-refractivity contribution in [3.63, 3.8) is 0 Å². The summed E-state index contributed by atoms with van der Waals surface area (Å²) in [6.07, 6.45) is 3.27. The van der Waals surface area contributed by atoms with Gasteiger partial charge in [0.05, 0.1) is 12.8 Å². The lowest BCUT2D eigenvalue weighted by Crippen LogP contribution is -2.19. The van der Waals surface area contributed by atoms with Gasteiger partial charge in [0.2, 0.25) is 0 Å². The van der Waals surface area contributed by atoms with Gasteiger partial charge < -0.3 is 20.4 Å². The van der Waals surface area contributed by atoms with E-state index in [0.29, 0.717) is 32.3 Å². The Balaban J connectivity index is 1.60. The van der Waals surface area contributed by atoms with Gasteiger partial charge in [-0.15, -0.1) is 0 Å². The van der Waals surface area contributed by atoms with Crippen LogP contribution in [-0.4, -0.2) is 27.2 Å². The predicted octanol–water partition coefficient (Wildman–Crippen LogP) is 5.75. The number of thiocarbonyl (C=S) groups is 1. The highest BCUT2D eigenvalue weighted by Crippen LogP contribution is 2.32. The molecule has 0 atom stereocenters. The molecule has 0 fully saturated rings. The van der Waals surface area contributed by atoms with Gasteiger partial charge in [-0.3, -0.25) is 0 Å². The van der Waals surface area contributed by atoms with E-state index in [9.17, 15) is 0 Å². The number of hydrogen-bond acceptors (Lipinski definition) is 4. The Labute approximate surface area is 182 Å². The first-order valence-corrected chi connectivity index (χ1v) is 9.69. The van der Waals surface area contributed by atoms with Crippen molar-refractivity contribution in [2.75, 3.05) is 17.7 Å². The monoisotopic (exact) mass is 443 g/mol. The van der Waals surface area contributed by atoms with Crippen LogP contribution in [0.5, 0.6) is 5.75 Å². The summed E-state index contributed by atoms with van der Waals surface area (Å²) in [5.74, 6) is 0.651. The van der Waals surface area contributed by atoms with E-state index in [0.717, 1.165) is 22.3 Å². The van der Waals surface area contributed by atoms with Gasteiger partial charge in [0.1, 0.15) is 17.7 Å². The van der Waals surface area contributed by atoms with Crippen molar-refractivity contribution >= 4 is 62.9 Å². The molecule has 0 aliphatic rings. The van der Waals surface area contributed by atoms with E-state index in [1.54, 1.807) is 31.5 Å². The summed E-state index contributed by atoms with van der Waals surface area (Å²) in [4.78, 5) is 11.6. The number of hydrogen-bond donors (Lipinski definition) is 3. The van der Waals surface area contributed by atoms with Crippen molar-refractivity contribution in [2.24, 2.45) is 0 Å². The lowest BCUT2D eigenvalue weighted by Gasteiger charge is -2.15. The number of methoxy groups -OCH3 is 1. The highest BCUT2D eigenvalue weighted by atomic mass is 35.5. The third-order valence-electron chi connectivity index (χ3n) is 4.17. The quantitative estimate of drug-likeness (QED) is 0.348. The van der Waals surface area contributed by atoms with Crippen molar-refractivity contribution < 1.29 is 4.74 Å². The molecule has 0 saturated carbocycles. The van der Waals surface area contributed by atoms with Crippen LogP contribution in [0, 0.1) is 0 Å². The molecule has 0 saturated heterocycles. The van der Waals surface area contributed by atoms with Gasteiger partial charge in [0, 0.05) is 38.6 Å². The van der Waals surface area contributed by atoms with Gasteiger partial charge in [-0.05, 0) is 54.7 Å². The first kappa shape index (κ1) is 19.4. The number of halogens is 2. The number of rotatable bonds is 4. The van der Waals surface area contributed by atoms with E-state index >= 15 is 0 Å². The van der Waals surface area contributed by atoms with Gasteiger partial charge in [-0.1, -0.05) is 23.2 Å². The molecule has 2 aromatic carbocycles. The summed E-state index contributed by atoms with van der Waals surface area (Å²) in [5.41, 5.74) is 4.02. The molecule has 0 unspecified atom stereocenters. The minimum absolute atomic E-state index is 0.376. The zero-order valence-electron chi connectivity index (χ0n) is 15.2. The lowest BCUT2D eigenvalue weighted by molar-refractivity contribution is 0.417. The standard InChI is InChI=1S/C20H15Cl2N5OS/c1-28-18-3-2-11(16-5-12-9-23-10-24-19(12)26-16)4-17(18)27-20(29)25-15-7-13(21)6-14(22)8-15/h2-10H,1H3,(H,23,24,26)(H2,25,27,29). The smallest absolute Gasteiger partial charge is 0.175 e. The number of H-pyrrole nitrogens is 1. The number of nitrogens with zero attached hydrogens (tertiary/aromatic N) is 2. The fraction of sp³-hybridized carbons (Fsp3) is 0.0500. The van der Waals surface area contributed by atoms with Crippen molar-refractivity contribution in [2.45, 2.75) is 0 Å². The molecular weight excluding hydrogens is 429 g/mol. The molecule has 2 heterocycles. The van der Waals surface area contributed by atoms with E-state index in [4.69, 9.17) is 40.2 Å². The van der Waals surface area contributed by atoms with Crippen LogP contribution < -0.4 is 15.4 Å². The number of fused-ring (bicyclic) bond motifs is 1. The topological polar surface area (TPSA) is 74.9 Å². The average Bonchev–Trinajstić information content (AvgIpc) is 3.11. The number of aromatic amines is 1. The van der Waals surface area contributed by atoms with Gasteiger partial charge >= 0.3 is 0 Å². The fourth-order valence-corrected chi connectivity index (χ4v) is 3.66. The Morgan fingerprint density at radius 2 is 1.86 bits per heavy atom. The molecule has 3 N–H and O–H groups in total. The summed E-state index contributed by atoms with van der Waals surface area (Å²) >= 11 is 17.5. The van der Waals surface area contributed by atoms with Crippen LogP contribution in [0.3, 0.4) is 0 Å². The molecule has 0 radical (unpaired) electrons. The molecule has 0 aliphatic heterocycles. The minimum atomic E-state index is 0.376. The number of anilines is 2. The molecule has 0 amide bonds. The van der Waals surface area contributed by atoms with E-state index < -0.39 is 0 Å². The van der Waals surface area contributed by atoms with E-state index in [-0.39, 0.29) is 0 Å². The van der Waals surface area contributed by atoms with E-state index in [1.807, 2.05) is 24.3 Å². The Kier molecular flexibility index (Phi) is 5.53. The first-order chi connectivity index (χ1) is 14.0. The third kappa shape index (κ3) is 4.42. The molecule has 0 aliphatic carbocycles. The van der Waals surface area contributed by atoms with Crippen LogP contribution >= 0.6 is 35.4 Å². The number of ether oxygens (including phenoxy) is 1. The Hall–Kier alpha value is -2.87. The maximum absolute atomic E-state index is 6.04. The Morgan fingerprint density at radius 1 is 1.07 bits per heavy atom. The molecule has 9 heteroatoms. The maximum atomic E-state index is 6.04. The van der Waals surface area contributed by atoms with Crippen LogP contribution in [0.2, 0.25) is 10.0 Å². The van der Waals surface area contributed by atoms with Gasteiger partial charge in [0.15, 0.2) is 5.11 Å². The second-order valence-electron chi connectivity index (χ2n) is 6.16. The zero-order chi connectivity index (χ0) is 20.4. The van der Waals surface area contributed by atoms with E-state index in [2.05, 4.69) is 25.6 Å². The second-order valence-corrected chi connectivity index (χ2v) is 7.44. The molecule has 0 spiro atoms. The van der Waals surface area contributed by atoms with Crippen molar-refractivity contribution in [1.29, 1.82) is 0 Å². The van der Waals surface area contributed by atoms with Crippen LogP contribution in [-0.2, 0) is 0 Å². The maximum Gasteiger partial charge on any atom is 0.175 e. The fourth-order valence-electron chi connectivity index (χ4n) is 2.91. The largest absolute Gasteiger partial charge is 0.495 e. The van der Waals surface area contributed by atoms with Gasteiger partial charge in [-0.25, -0.2) is 9.97 Å². The second kappa shape index (κ2) is 8.24. The summed E-state index contributed by atoms with van der Waals surface area (Å²) < 4.78 is 5.46. The van der Waals surface area contributed by atoms with Crippen molar-refractivity contribution in [1.82, 2.24) is 15.0 Å². The Morgan fingerprint density at radius 3 is 2.59 bits per heavy atom. The van der Waals surface area contributed by atoms with Crippen molar-refractivity contribution in [3.05, 3.63) is 65.0 Å². The number of nitrogens with one attached hydrogen (secondary N) is 3. The van der Waals surface area contributed by atoms with Crippen LogP contribution in [0.15, 0.2) is 55.0 Å². The molecule has 4 rings (SSSR count). The summed E-state index contributed by atoms with van der Waals surface area (Å²) in [6, 6.07) is 12.9. The third-order valence-corrected chi connectivity index (χ3v) is 4.81. The summed E-state index contributed by atoms with van der Waals surface area (Å²) in [7, 11) is 1.60. The SMILES string of the molecule is COc1ccc(-c2cc3cncnc3[nH]2)cc1NC(=S)Nc1cc(Cl)cc(Cl)c1. The molecule has 4 aromatic rings. The van der Waals surface area contributed by atoms with Crippen LogP contribution in [0.25, 0.3) is 22.3 Å². The first-order valence-electron chi connectivity index (χ1n) is 8.53. The normalized spacial score (nSPS) is 10.7. The number of aromatic nitrogens is 3. The molecular formula is C20H15Cl2N5OS. The number of benzene rings is 2. The molecule has 2 aromatic heterocycles. The zero-order valence-corrected chi connectivity index (χ0v) is 17.5. The van der Waals surface area contributed by atoms with Crippen LogP contribution in [0.1, 0.15) is 0 Å². The highest BCUT2D eigenvalue weighted by molar-refractivity contribution is 7.80. The average molecular weight is 444 g/mol. The predicted molar refractivity (Wildman–Crippen MR) is 122 cm³/mol. The molecule has 0 bridgehead atoms. The van der Waals surface area contributed by atoms with Gasteiger partial charge in [-0.2, -0.15) is 0 Å². The summed E-state index contributed by atoms with van der Waals surface area (Å²) in [6.45, 7) is 0. The Bertz CT molecular complexity index is 1160. The molecule has 146 valence electrons. The van der Waals surface area contributed by atoms with E-state index in [1.165, 1.54) is 6.33 Å². The van der Waals surface area contributed by atoms with Crippen LogP contribution in [0.4, 0.5) is 11.4 Å². The minimum Gasteiger partial charge on any atom is -0.495 e.